The molecule has 0 spiro atoms. The fourth-order valence-electron chi connectivity index (χ4n) is 4.10. The van der Waals surface area contributed by atoms with E-state index in [0.29, 0.717) is 0 Å². The Morgan fingerprint density at radius 3 is 1.18 bits per heavy atom. The van der Waals surface area contributed by atoms with Gasteiger partial charge in [0.25, 0.3) is 0 Å². The van der Waals surface area contributed by atoms with E-state index in [1.165, 1.54) is 33.4 Å². The smallest absolute Gasteiger partial charge is 0.0812 e. The zero-order chi connectivity index (χ0) is 23.2. The SMILES string of the molecule is Br.Br.Br.Br.Cc1cc(Cc2cc(C)c(N=Cc3ccccn3)c(C)c2)cc(C)c1N=Cc1ccccn1.[Cu].[Cu]. The third kappa shape index (κ3) is 12.2. The molecule has 0 aliphatic rings. The Hall–Kier alpha value is -0.961. The summed E-state index contributed by atoms with van der Waals surface area (Å²) in [4.78, 5) is 18.0. The summed E-state index contributed by atoms with van der Waals surface area (Å²) in [5.74, 6) is 0. The van der Waals surface area contributed by atoms with E-state index >= 15 is 0 Å². The normalized spacial score (nSPS) is 9.74. The quantitative estimate of drug-likeness (QED) is 0.144. The Morgan fingerprint density at radius 2 is 0.897 bits per heavy atom. The van der Waals surface area contributed by atoms with Crippen molar-refractivity contribution in [2.24, 2.45) is 9.98 Å². The summed E-state index contributed by atoms with van der Waals surface area (Å²) in [7, 11) is 0. The molecule has 2 radical (unpaired) electrons. The summed E-state index contributed by atoms with van der Waals surface area (Å²) >= 11 is 0. The van der Waals surface area contributed by atoms with Gasteiger partial charge in [-0.2, -0.15) is 0 Å². The predicted molar refractivity (Wildman–Crippen MR) is 179 cm³/mol. The minimum atomic E-state index is 0. The molecule has 0 saturated heterocycles. The van der Waals surface area contributed by atoms with Crippen molar-refractivity contribution in [2.45, 2.75) is 34.1 Å². The molecule has 0 bridgehead atoms. The zero-order valence-corrected chi connectivity index (χ0v) is 30.6. The van der Waals surface area contributed by atoms with Gasteiger partial charge in [0.1, 0.15) is 0 Å². The molecule has 0 fully saturated rings. The molecule has 2 heterocycles. The molecule has 4 rings (SSSR count). The van der Waals surface area contributed by atoms with Crippen LogP contribution in [0.15, 0.2) is 83.0 Å². The van der Waals surface area contributed by atoms with E-state index < -0.39 is 0 Å². The second-order valence-electron chi connectivity index (χ2n) is 8.36. The average molecular weight is 883 g/mol. The first-order valence-electron chi connectivity index (χ1n) is 11.1. The van der Waals surface area contributed by atoms with Crippen LogP contribution in [0.2, 0.25) is 0 Å². The summed E-state index contributed by atoms with van der Waals surface area (Å²) < 4.78 is 0. The van der Waals surface area contributed by atoms with Crippen molar-refractivity contribution in [3.8, 4) is 0 Å². The molecule has 0 aliphatic heterocycles. The molecule has 0 amide bonds. The van der Waals surface area contributed by atoms with Crippen molar-refractivity contribution >= 4 is 91.7 Å². The van der Waals surface area contributed by atoms with Gasteiger partial charge in [-0.05, 0) is 91.8 Å². The van der Waals surface area contributed by atoms with E-state index in [0.717, 1.165) is 29.2 Å². The largest absolute Gasteiger partial charge is 0.255 e. The van der Waals surface area contributed by atoms with Crippen molar-refractivity contribution in [3.05, 3.63) is 118 Å². The molecule has 39 heavy (non-hydrogen) atoms. The Kier molecular flexibility index (Phi) is 22.7. The molecule has 218 valence electrons. The molecular weight excluding hydrogens is 851 g/mol. The van der Waals surface area contributed by atoms with Gasteiger partial charge in [-0.25, -0.2) is 0 Å². The van der Waals surface area contributed by atoms with Gasteiger partial charge >= 0.3 is 0 Å². The van der Waals surface area contributed by atoms with Crippen LogP contribution >= 0.6 is 67.9 Å². The summed E-state index contributed by atoms with van der Waals surface area (Å²) in [5.41, 5.74) is 11.0. The minimum absolute atomic E-state index is 0. The topological polar surface area (TPSA) is 50.5 Å². The molecule has 0 saturated carbocycles. The van der Waals surface area contributed by atoms with Crippen LogP contribution in [-0.4, -0.2) is 22.4 Å². The number of rotatable bonds is 6. The second kappa shape index (κ2) is 20.8. The van der Waals surface area contributed by atoms with Crippen molar-refractivity contribution < 1.29 is 34.1 Å². The van der Waals surface area contributed by atoms with E-state index in [4.69, 9.17) is 9.98 Å². The van der Waals surface area contributed by atoms with Crippen molar-refractivity contribution in [1.29, 1.82) is 0 Å². The number of halogens is 4. The Morgan fingerprint density at radius 1 is 0.564 bits per heavy atom. The zero-order valence-electron chi connectivity index (χ0n) is 21.8. The summed E-state index contributed by atoms with van der Waals surface area (Å²) in [5, 5.41) is 0. The minimum Gasteiger partial charge on any atom is -0.255 e. The number of aromatic nitrogens is 2. The van der Waals surface area contributed by atoms with Crippen LogP contribution in [0.1, 0.15) is 44.8 Å². The van der Waals surface area contributed by atoms with Gasteiger partial charge in [-0.3, -0.25) is 20.0 Å². The number of hydrogen-bond acceptors (Lipinski definition) is 4. The summed E-state index contributed by atoms with van der Waals surface area (Å²) in [6, 6.07) is 20.6. The first-order valence-corrected chi connectivity index (χ1v) is 11.1. The van der Waals surface area contributed by atoms with Gasteiger partial charge < -0.3 is 0 Å². The van der Waals surface area contributed by atoms with Gasteiger partial charge in [0.2, 0.25) is 0 Å². The molecule has 4 aromatic rings. The summed E-state index contributed by atoms with van der Waals surface area (Å²) in [6.45, 7) is 8.47. The molecule has 0 N–H and O–H groups in total. The average Bonchev–Trinajstić information content (AvgIpc) is 2.79. The molecule has 0 atom stereocenters. The van der Waals surface area contributed by atoms with Gasteiger partial charge in [-0.15, -0.1) is 67.9 Å². The number of aryl methyl sites for hydroxylation is 4. The molecule has 10 heteroatoms. The number of aliphatic imine (C=N–C) groups is 2. The van der Waals surface area contributed by atoms with Crippen LogP contribution in [0.25, 0.3) is 0 Å². The van der Waals surface area contributed by atoms with Crippen molar-refractivity contribution in [3.63, 3.8) is 0 Å². The maximum absolute atomic E-state index is 4.70. The van der Waals surface area contributed by atoms with Crippen molar-refractivity contribution in [2.75, 3.05) is 0 Å². The van der Waals surface area contributed by atoms with Gasteiger partial charge in [0.05, 0.1) is 35.2 Å². The number of hydrogen-bond donors (Lipinski definition) is 0. The Labute approximate surface area is 295 Å². The fraction of sp³-hybridized carbons (Fsp3) is 0.172. The second-order valence-corrected chi connectivity index (χ2v) is 8.36. The van der Waals surface area contributed by atoms with Crippen molar-refractivity contribution in [1.82, 2.24) is 9.97 Å². The third-order valence-electron chi connectivity index (χ3n) is 5.54. The molecule has 2 aromatic heterocycles. The Bertz CT molecular complexity index is 1190. The van der Waals surface area contributed by atoms with Crippen LogP contribution < -0.4 is 0 Å². The number of pyridine rings is 2. The monoisotopic (exact) mass is 878 g/mol. The maximum Gasteiger partial charge on any atom is 0.0812 e. The maximum atomic E-state index is 4.70. The molecule has 0 unspecified atom stereocenters. The van der Waals surface area contributed by atoms with E-state index in [2.05, 4.69) is 61.9 Å². The van der Waals surface area contributed by atoms with Crippen LogP contribution in [0.5, 0.6) is 0 Å². The van der Waals surface area contributed by atoms with Gasteiger partial charge in [0, 0.05) is 46.5 Å². The third-order valence-corrected chi connectivity index (χ3v) is 5.54. The predicted octanol–water partition coefficient (Wildman–Crippen LogP) is 9.11. The van der Waals surface area contributed by atoms with Crippen LogP contribution in [0.4, 0.5) is 11.4 Å². The van der Waals surface area contributed by atoms with E-state index in [1.54, 1.807) is 12.4 Å². The number of nitrogens with zero attached hydrogens (tertiary/aromatic N) is 4. The summed E-state index contributed by atoms with van der Waals surface area (Å²) in [6.07, 6.45) is 8.09. The van der Waals surface area contributed by atoms with Crippen LogP contribution in [0.3, 0.4) is 0 Å². The van der Waals surface area contributed by atoms with E-state index in [-0.39, 0.29) is 102 Å². The van der Waals surface area contributed by atoms with Gasteiger partial charge in [-0.1, -0.05) is 36.4 Å². The standard InChI is InChI=1S/C29H28N4.4BrH.2Cu/c1-20-13-24(14-21(2)28(20)32-18-26-9-5-7-11-30-26)17-25-15-22(3)29(23(4)16-25)33-19-27-10-6-8-12-31-27;;;;;;/h5-16,18-19H,17H2,1-4H3;4*1H;;. The molecule has 0 aliphatic carbocycles. The first kappa shape index (κ1) is 42.5. The first-order chi connectivity index (χ1) is 16.0. The van der Waals surface area contributed by atoms with Crippen LogP contribution in [0, 0.1) is 27.7 Å². The van der Waals surface area contributed by atoms with Gasteiger partial charge in [0.15, 0.2) is 0 Å². The Balaban J connectivity index is -0.00000216. The molecular formula is C29H32Br4Cu2N4. The molecule has 4 nitrogen and oxygen atoms in total. The fourth-order valence-corrected chi connectivity index (χ4v) is 4.10. The van der Waals surface area contributed by atoms with E-state index in [9.17, 15) is 0 Å². The van der Waals surface area contributed by atoms with E-state index in [1.807, 2.05) is 48.8 Å². The number of benzene rings is 2. The van der Waals surface area contributed by atoms with Crippen LogP contribution in [-0.2, 0) is 40.6 Å². The molecule has 2 aromatic carbocycles.